The third-order valence-electron chi connectivity index (χ3n) is 2.04. The molecule has 4 heteroatoms. The number of aromatic nitrogens is 1. The van der Waals surface area contributed by atoms with Gasteiger partial charge in [0.1, 0.15) is 5.15 Å². The first kappa shape index (κ1) is 11.4. The van der Waals surface area contributed by atoms with Gasteiger partial charge in [0.15, 0.2) is 5.75 Å². The Hall–Kier alpha value is -2.05. The number of pyridine rings is 1. The van der Waals surface area contributed by atoms with Crippen LogP contribution in [0.15, 0.2) is 42.6 Å². The van der Waals surface area contributed by atoms with Crippen molar-refractivity contribution in [2.24, 2.45) is 0 Å². The third kappa shape index (κ3) is 2.96. The van der Waals surface area contributed by atoms with E-state index in [1.807, 2.05) is 0 Å². The Bertz CT molecular complexity index is 572. The standard InChI is InChI=1S/C13H7ClFNO/c14-13-11(2-1-9-16-13)6-3-10-4-7-12(17-15)8-5-10/h1-2,4-5,7-9H. The van der Waals surface area contributed by atoms with Crippen molar-refractivity contribution in [2.75, 3.05) is 0 Å². The lowest BCUT2D eigenvalue weighted by atomic mass is 10.2. The van der Waals surface area contributed by atoms with Crippen LogP contribution in [-0.2, 0) is 0 Å². The molecule has 0 fully saturated rings. The Labute approximate surface area is 103 Å². The third-order valence-corrected chi connectivity index (χ3v) is 2.35. The lowest BCUT2D eigenvalue weighted by molar-refractivity contribution is -0.00620. The Balaban J connectivity index is 2.24. The zero-order chi connectivity index (χ0) is 12.1. The summed E-state index contributed by atoms with van der Waals surface area (Å²) in [5.41, 5.74) is 1.39. The van der Waals surface area contributed by atoms with Crippen LogP contribution in [0.2, 0.25) is 5.15 Å². The van der Waals surface area contributed by atoms with Gasteiger partial charge in [0, 0.05) is 16.3 Å². The summed E-state index contributed by atoms with van der Waals surface area (Å²) in [5, 5.41) is 0.365. The van der Waals surface area contributed by atoms with E-state index in [2.05, 4.69) is 21.8 Å². The van der Waals surface area contributed by atoms with Crippen molar-refractivity contribution in [3.05, 3.63) is 58.9 Å². The van der Waals surface area contributed by atoms with E-state index < -0.39 is 0 Å². The number of rotatable bonds is 1. The molecule has 0 N–H and O–H groups in total. The molecule has 17 heavy (non-hydrogen) atoms. The number of benzene rings is 1. The van der Waals surface area contributed by atoms with Gasteiger partial charge in [-0.15, -0.1) is 0 Å². The molecule has 0 unspecified atom stereocenters. The first-order valence-corrected chi connectivity index (χ1v) is 5.18. The van der Waals surface area contributed by atoms with Crippen molar-refractivity contribution in [3.8, 4) is 17.6 Å². The Morgan fingerprint density at radius 3 is 2.53 bits per heavy atom. The molecular formula is C13H7ClFNO. The Kier molecular flexibility index (Phi) is 3.59. The topological polar surface area (TPSA) is 22.1 Å². The lowest BCUT2D eigenvalue weighted by Gasteiger charge is -1.94. The van der Waals surface area contributed by atoms with Crippen LogP contribution >= 0.6 is 11.6 Å². The zero-order valence-electron chi connectivity index (χ0n) is 8.65. The van der Waals surface area contributed by atoms with Gasteiger partial charge in [-0.1, -0.05) is 23.4 Å². The van der Waals surface area contributed by atoms with E-state index in [0.29, 0.717) is 10.7 Å². The van der Waals surface area contributed by atoms with Gasteiger partial charge < -0.3 is 0 Å². The van der Waals surface area contributed by atoms with Gasteiger partial charge in [0.2, 0.25) is 0 Å². The van der Waals surface area contributed by atoms with Gasteiger partial charge in [-0.2, -0.15) is 0 Å². The molecule has 1 aromatic heterocycles. The van der Waals surface area contributed by atoms with Crippen LogP contribution in [0.4, 0.5) is 4.53 Å². The molecule has 2 rings (SSSR count). The summed E-state index contributed by atoms with van der Waals surface area (Å²) in [6, 6.07) is 9.85. The van der Waals surface area contributed by atoms with Gasteiger partial charge in [-0.25, -0.2) is 4.98 Å². The molecule has 0 aliphatic carbocycles. The largest absolute Gasteiger partial charge is 0.294 e. The molecule has 0 spiro atoms. The van der Waals surface area contributed by atoms with Crippen LogP contribution in [-0.4, -0.2) is 4.98 Å². The summed E-state index contributed by atoms with van der Waals surface area (Å²) in [6.07, 6.45) is 1.60. The second-order valence-electron chi connectivity index (χ2n) is 3.19. The average molecular weight is 248 g/mol. The van der Waals surface area contributed by atoms with Gasteiger partial charge >= 0.3 is 0 Å². The van der Waals surface area contributed by atoms with Crippen LogP contribution < -0.4 is 4.94 Å². The summed E-state index contributed by atoms with van der Waals surface area (Å²) in [7, 11) is 0. The molecule has 2 aromatic rings. The molecule has 0 amide bonds. The van der Waals surface area contributed by atoms with Gasteiger partial charge in [0.05, 0.1) is 5.56 Å². The predicted octanol–water partition coefficient (Wildman–Crippen LogP) is 3.40. The molecule has 0 saturated heterocycles. The van der Waals surface area contributed by atoms with E-state index in [9.17, 15) is 4.53 Å². The zero-order valence-corrected chi connectivity index (χ0v) is 9.41. The highest BCUT2D eigenvalue weighted by atomic mass is 35.5. The van der Waals surface area contributed by atoms with Crippen molar-refractivity contribution < 1.29 is 9.47 Å². The molecule has 1 heterocycles. The maximum Gasteiger partial charge on any atom is 0.171 e. The molecule has 0 bridgehead atoms. The number of hydrogen-bond acceptors (Lipinski definition) is 2. The fourth-order valence-corrected chi connectivity index (χ4v) is 1.38. The van der Waals surface area contributed by atoms with Crippen LogP contribution in [0.3, 0.4) is 0 Å². The second kappa shape index (κ2) is 5.33. The minimum Gasteiger partial charge on any atom is -0.294 e. The molecule has 0 saturated carbocycles. The van der Waals surface area contributed by atoms with E-state index in [4.69, 9.17) is 11.6 Å². The maximum atomic E-state index is 11.8. The number of nitrogens with zero attached hydrogens (tertiary/aromatic N) is 1. The first-order chi connectivity index (χ1) is 8.29. The van der Waals surface area contributed by atoms with Crippen LogP contribution in [0.1, 0.15) is 11.1 Å². The fraction of sp³-hybridized carbons (Fsp3) is 0. The summed E-state index contributed by atoms with van der Waals surface area (Å²) in [6.45, 7) is 0. The quantitative estimate of drug-likeness (QED) is 0.569. The average Bonchev–Trinajstić information content (AvgIpc) is 2.38. The minimum absolute atomic E-state index is 0.148. The summed E-state index contributed by atoms with van der Waals surface area (Å²) in [5.74, 6) is 5.94. The lowest BCUT2D eigenvalue weighted by Crippen LogP contribution is -1.81. The predicted molar refractivity (Wildman–Crippen MR) is 63.4 cm³/mol. The van der Waals surface area contributed by atoms with Crippen LogP contribution in [0, 0.1) is 11.8 Å². The van der Waals surface area contributed by atoms with Crippen molar-refractivity contribution in [2.45, 2.75) is 0 Å². The molecule has 0 atom stereocenters. The highest BCUT2D eigenvalue weighted by Gasteiger charge is 1.95. The molecule has 0 aliphatic heterocycles. The summed E-state index contributed by atoms with van der Waals surface area (Å²) >= 11 is 5.85. The highest BCUT2D eigenvalue weighted by molar-refractivity contribution is 6.30. The van der Waals surface area contributed by atoms with Crippen molar-refractivity contribution in [3.63, 3.8) is 0 Å². The van der Waals surface area contributed by atoms with Crippen molar-refractivity contribution in [1.82, 2.24) is 4.98 Å². The Morgan fingerprint density at radius 2 is 1.88 bits per heavy atom. The highest BCUT2D eigenvalue weighted by Crippen LogP contribution is 2.13. The molecule has 84 valence electrons. The van der Waals surface area contributed by atoms with E-state index in [1.165, 1.54) is 12.1 Å². The first-order valence-electron chi connectivity index (χ1n) is 4.81. The summed E-state index contributed by atoms with van der Waals surface area (Å²) in [4.78, 5) is 7.48. The van der Waals surface area contributed by atoms with Gasteiger partial charge in [-0.05, 0) is 36.4 Å². The molecule has 0 aliphatic rings. The SMILES string of the molecule is FOc1ccc(C#Cc2cccnc2Cl)cc1. The van der Waals surface area contributed by atoms with E-state index >= 15 is 0 Å². The van der Waals surface area contributed by atoms with E-state index in [0.717, 1.165) is 5.56 Å². The van der Waals surface area contributed by atoms with Gasteiger partial charge in [0.25, 0.3) is 0 Å². The van der Waals surface area contributed by atoms with Gasteiger partial charge in [-0.3, -0.25) is 4.94 Å². The van der Waals surface area contributed by atoms with Crippen molar-refractivity contribution >= 4 is 11.6 Å². The van der Waals surface area contributed by atoms with Crippen LogP contribution in [0.5, 0.6) is 5.75 Å². The van der Waals surface area contributed by atoms with E-state index in [-0.39, 0.29) is 5.75 Å². The number of hydrogen-bond donors (Lipinski definition) is 0. The fourth-order valence-electron chi connectivity index (χ4n) is 1.21. The van der Waals surface area contributed by atoms with Crippen molar-refractivity contribution in [1.29, 1.82) is 0 Å². The maximum absolute atomic E-state index is 11.8. The second-order valence-corrected chi connectivity index (χ2v) is 3.55. The monoisotopic (exact) mass is 247 g/mol. The molecule has 0 radical (unpaired) electrons. The van der Waals surface area contributed by atoms with E-state index in [1.54, 1.807) is 30.5 Å². The summed E-state index contributed by atoms with van der Waals surface area (Å²) < 4.78 is 11.8. The number of halogens is 2. The normalized spacial score (nSPS) is 9.29. The smallest absolute Gasteiger partial charge is 0.171 e. The Morgan fingerprint density at radius 1 is 1.12 bits per heavy atom. The molecular weight excluding hydrogens is 241 g/mol. The molecule has 1 aromatic carbocycles. The van der Waals surface area contributed by atoms with Crippen LogP contribution in [0.25, 0.3) is 0 Å². The minimum atomic E-state index is 0.148. The molecule has 2 nitrogen and oxygen atoms in total.